The van der Waals surface area contributed by atoms with Crippen molar-refractivity contribution in [3.05, 3.63) is 0 Å². The van der Waals surface area contributed by atoms with Crippen LogP contribution in [-0.4, -0.2) is 24.0 Å². The predicted octanol–water partition coefficient (Wildman–Crippen LogP) is 3.30. The number of hydrogen-bond acceptors (Lipinski definition) is 1. The van der Waals surface area contributed by atoms with Crippen LogP contribution in [0.25, 0.3) is 0 Å². The summed E-state index contributed by atoms with van der Waals surface area (Å²) < 4.78 is 0. The second kappa shape index (κ2) is 4.65. The largest absolute Gasteiger partial charge is 0.301 e. The SMILES string of the molecule is CCN1CC(C2CCCCC2)CC1C. The molecular weight excluding hydrogens is 170 g/mol. The molecule has 1 aliphatic carbocycles. The minimum absolute atomic E-state index is 0.854. The van der Waals surface area contributed by atoms with Gasteiger partial charge in [0.05, 0.1) is 0 Å². The lowest BCUT2D eigenvalue weighted by atomic mass is 9.79. The molecule has 1 aliphatic heterocycles. The van der Waals surface area contributed by atoms with Crippen molar-refractivity contribution < 1.29 is 0 Å². The van der Waals surface area contributed by atoms with Crippen molar-refractivity contribution in [3.63, 3.8) is 0 Å². The van der Waals surface area contributed by atoms with Gasteiger partial charge in [0.2, 0.25) is 0 Å². The molecule has 0 spiro atoms. The van der Waals surface area contributed by atoms with E-state index in [-0.39, 0.29) is 0 Å². The molecule has 2 unspecified atom stereocenters. The molecular formula is C13H25N. The van der Waals surface area contributed by atoms with Crippen LogP contribution >= 0.6 is 0 Å². The van der Waals surface area contributed by atoms with Crippen LogP contribution in [-0.2, 0) is 0 Å². The molecule has 0 aromatic heterocycles. The second-order valence-corrected chi connectivity index (χ2v) is 5.33. The van der Waals surface area contributed by atoms with Gasteiger partial charge in [-0.3, -0.25) is 0 Å². The van der Waals surface area contributed by atoms with E-state index in [1.165, 1.54) is 51.6 Å². The molecule has 82 valence electrons. The molecule has 1 saturated heterocycles. The van der Waals surface area contributed by atoms with Gasteiger partial charge in [-0.15, -0.1) is 0 Å². The lowest BCUT2D eigenvalue weighted by molar-refractivity contribution is 0.235. The van der Waals surface area contributed by atoms with E-state index in [1.807, 2.05) is 0 Å². The molecule has 2 atom stereocenters. The van der Waals surface area contributed by atoms with Crippen molar-refractivity contribution in [3.8, 4) is 0 Å². The van der Waals surface area contributed by atoms with Crippen LogP contribution in [0.15, 0.2) is 0 Å². The Morgan fingerprint density at radius 2 is 1.79 bits per heavy atom. The zero-order chi connectivity index (χ0) is 9.97. The summed E-state index contributed by atoms with van der Waals surface area (Å²) in [6.07, 6.45) is 9.02. The van der Waals surface area contributed by atoms with Crippen molar-refractivity contribution in [2.75, 3.05) is 13.1 Å². The van der Waals surface area contributed by atoms with Crippen LogP contribution in [0.1, 0.15) is 52.4 Å². The number of hydrogen-bond donors (Lipinski definition) is 0. The average Bonchev–Trinajstić information content (AvgIpc) is 2.61. The fourth-order valence-electron chi connectivity index (χ4n) is 3.53. The van der Waals surface area contributed by atoms with Gasteiger partial charge in [0, 0.05) is 12.6 Å². The van der Waals surface area contributed by atoms with E-state index in [0.717, 1.165) is 17.9 Å². The normalized spacial score (nSPS) is 36.4. The van der Waals surface area contributed by atoms with E-state index in [4.69, 9.17) is 0 Å². The van der Waals surface area contributed by atoms with Crippen LogP contribution in [0.4, 0.5) is 0 Å². The van der Waals surface area contributed by atoms with Gasteiger partial charge >= 0.3 is 0 Å². The van der Waals surface area contributed by atoms with E-state index in [1.54, 1.807) is 0 Å². The maximum atomic E-state index is 2.67. The number of likely N-dealkylation sites (tertiary alicyclic amines) is 1. The van der Waals surface area contributed by atoms with E-state index < -0.39 is 0 Å². The van der Waals surface area contributed by atoms with Crippen molar-refractivity contribution in [2.24, 2.45) is 11.8 Å². The summed E-state index contributed by atoms with van der Waals surface area (Å²) in [5, 5.41) is 0. The van der Waals surface area contributed by atoms with E-state index >= 15 is 0 Å². The van der Waals surface area contributed by atoms with Crippen LogP contribution < -0.4 is 0 Å². The minimum Gasteiger partial charge on any atom is -0.301 e. The third-order valence-electron chi connectivity index (χ3n) is 4.46. The number of rotatable bonds is 2. The molecule has 0 radical (unpaired) electrons. The summed E-state index contributed by atoms with van der Waals surface area (Å²) in [7, 11) is 0. The van der Waals surface area contributed by atoms with Crippen LogP contribution in [0.2, 0.25) is 0 Å². The third kappa shape index (κ3) is 2.13. The Morgan fingerprint density at radius 3 is 2.36 bits per heavy atom. The first-order chi connectivity index (χ1) is 6.81. The lowest BCUT2D eigenvalue weighted by Crippen LogP contribution is -2.27. The summed E-state index contributed by atoms with van der Waals surface area (Å²) in [6.45, 7) is 7.36. The quantitative estimate of drug-likeness (QED) is 0.653. The Hall–Kier alpha value is -0.0400. The molecule has 14 heavy (non-hydrogen) atoms. The summed E-state index contributed by atoms with van der Waals surface area (Å²) in [5.41, 5.74) is 0. The maximum absolute atomic E-state index is 2.67. The second-order valence-electron chi connectivity index (χ2n) is 5.33. The van der Waals surface area contributed by atoms with Gasteiger partial charge in [-0.05, 0) is 31.7 Å². The highest BCUT2D eigenvalue weighted by Crippen LogP contribution is 2.36. The van der Waals surface area contributed by atoms with Crippen LogP contribution in [0.3, 0.4) is 0 Å². The molecule has 2 rings (SSSR count). The highest BCUT2D eigenvalue weighted by molar-refractivity contribution is 4.86. The van der Waals surface area contributed by atoms with Gasteiger partial charge in [0.25, 0.3) is 0 Å². The standard InChI is InChI=1S/C13H25N/c1-3-14-10-13(9-11(14)2)12-7-5-4-6-8-12/h11-13H,3-10H2,1-2H3. The van der Waals surface area contributed by atoms with Crippen molar-refractivity contribution in [1.82, 2.24) is 4.90 Å². The first-order valence-electron chi connectivity index (χ1n) is 6.55. The highest BCUT2D eigenvalue weighted by atomic mass is 15.2. The third-order valence-corrected chi connectivity index (χ3v) is 4.46. The molecule has 0 amide bonds. The summed E-state index contributed by atoms with van der Waals surface area (Å²) in [6, 6.07) is 0.854. The summed E-state index contributed by atoms with van der Waals surface area (Å²) in [4.78, 5) is 2.67. The maximum Gasteiger partial charge on any atom is 0.00701 e. The molecule has 0 N–H and O–H groups in total. The molecule has 0 aromatic carbocycles. The number of nitrogens with zero attached hydrogens (tertiary/aromatic N) is 1. The smallest absolute Gasteiger partial charge is 0.00701 e. The molecule has 2 fully saturated rings. The van der Waals surface area contributed by atoms with Crippen LogP contribution in [0.5, 0.6) is 0 Å². The van der Waals surface area contributed by atoms with E-state index in [9.17, 15) is 0 Å². The molecule has 0 bridgehead atoms. The van der Waals surface area contributed by atoms with Gasteiger partial charge < -0.3 is 4.90 Å². The Kier molecular flexibility index (Phi) is 3.48. The zero-order valence-electron chi connectivity index (χ0n) is 9.84. The molecule has 0 aromatic rings. The Morgan fingerprint density at radius 1 is 1.07 bits per heavy atom. The van der Waals surface area contributed by atoms with Crippen molar-refractivity contribution >= 4 is 0 Å². The summed E-state index contributed by atoms with van der Waals surface area (Å²) >= 11 is 0. The zero-order valence-corrected chi connectivity index (χ0v) is 9.84. The van der Waals surface area contributed by atoms with Gasteiger partial charge in [0.15, 0.2) is 0 Å². The molecule has 1 heterocycles. The fraction of sp³-hybridized carbons (Fsp3) is 1.00. The Balaban J connectivity index is 1.86. The fourth-order valence-corrected chi connectivity index (χ4v) is 3.53. The minimum atomic E-state index is 0.854. The van der Waals surface area contributed by atoms with E-state index in [0.29, 0.717) is 0 Å². The first kappa shape index (κ1) is 10.5. The topological polar surface area (TPSA) is 3.24 Å². The predicted molar refractivity (Wildman–Crippen MR) is 61.4 cm³/mol. The molecule has 1 nitrogen and oxygen atoms in total. The van der Waals surface area contributed by atoms with Gasteiger partial charge in [-0.2, -0.15) is 0 Å². The molecule has 1 heteroatoms. The van der Waals surface area contributed by atoms with Gasteiger partial charge in [-0.25, -0.2) is 0 Å². The molecule has 1 saturated carbocycles. The van der Waals surface area contributed by atoms with Crippen molar-refractivity contribution in [1.29, 1.82) is 0 Å². The Bertz CT molecular complexity index is 172. The van der Waals surface area contributed by atoms with Crippen LogP contribution in [0, 0.1) is 11.8 Å². The average molecular weight is 195 g/mol. The van der Waals surface area contributed by atoms with Gasteiger partial charge in [0.1, 0.15) is 0 Å². The lowest BCUT2D eigenvalue weighted by Gasteiger charge is -2.27. The van der Waals surface area contributed by atoms with Gasteiger partial charge in [-0.1, -0.05) is 39.0 Å². The highest BCUT2D eigenvalue weighted by Gasteiger charge is 2.33. The monoisotopic (exact) mass is 195 g/mol. The molecule has 2 aliphatic rings. The summed E-state index contributed by atoms with van der Waals surface area (Å²) in [5.74, 6) is 2.10. The van der Waals surface area contributed by atoms with Crippen molar-refractivity contribution in [2.45, 2.75) is 58.4 Å². The first-order valence-corrected chi connectivity index (χ1v) is 6.55. The van der Waals surface area contributed by atoms with E-state index in [2.05, 4.69) is 18.7 Å². The Labute approximate surface area is 88.9 Å².